The first-order valence-electron chi connectivity index (χ1n) is 9.28. The molecular formula is C19H32ClN3O3S. The van der Waals surface area contributed by atoms with E-state index in [1.807, 2.05) is 13.8 Å². The molecule has 6 nitrogen and oxygen atoms in total. The number of hydrogen-bond acceptors (Lipinski definition) is 4. The Balaban J connectivity index is 0.00000364. The van der Waals surface area contributed by atoms with Crippen molar-refractivity contribution in [2.45, 2.75) is 57.9 Å². The predicted molar refractivity (Wildman–Crippen MR) is 111 cm³/mol. The Kier molecular flexibility index (Phi) is 8.73. The molecule has 1 unspecified atom stereocenters. The smallest absolute Gasteiger partial charge is 0.251 e. The van der Waals surface area contributed by atoms with Crippen molar-refractivity contribution in [3.8, 4) is 0 Å². The standard InChI is InChI=1S/C19H31N3O3S.ClH/c1-13-6-9-22(10-7-13)26(24,25)18-12-17(11-14(2)16(18)4)19(23)21-8-5-15(3)20;/h11-13,15H,5-10,20H2,1-4H3,(H,21,23);1H. The summed E-state index contributed by atoms with van der Waals surface area (Å²) in [4.78, 5) is 12.7. The van der Waals surface area contributed by atoms with Crippen LogP contribution in [0.5, 0.6) is 0 Å². The second-order valence-corrected chi connectivity index (χ2v) is 9.43. The van der Waals surface area contributed by atoms with Gasteiger partial charge in [0.05, 0.1) is 4.90 Å². The van der Waals surface area contributed by atoms with Gasteiger partial charge in [-0.2, -0.15) is 4.31 Å². The minimum atomic E-state index is -3.60. The average molecular weight is 418 g/mol. The Bertz CT molecular complexity index is 758. The molecule has 1 aromatic carbocycles. The topological polar surface area (TPSA) is 92.5 Å². The first kappa shape index (κ1) is 23.9. The Hall–Kier alpha value is -1.15. The van der Waals surface area contributed by atoms with Crippen LogP contribution in [0.15, 0.2) is 17.0 Å². The zero-order chi connectivity index (χ0) is 19.5. The Labute approximate surface area is 169 Å². The highest BCUT2D eigenvalue weighted by molar-refractivity contribution is 7.89. The highest BCUT2D eigenvalue weighted by Gasteiger charge is 2.30. The minimum absolute atomic E-state index is 0. The van der Waals surface area contributed by atoms with Crippen molar-refractivity contribution in [3.63, 3.8) is 0 Å². The first-order chi connectivity index (χ1) is 12.1. The maximum atomic E-state index is 13.1. The number of nitrogens with two attached hydrogens (primary N) is 1. The lowest BCUT2D eigenvalue weighted by Gasteiger charge is -2.30. The molecule has 1 aliphatic heterocycles. The molecule has 1 fully saturated rings. The van der Waals surface area contributed by atoms with Crippen molar-refractivity contribution in [1.82, 2.24) is 9.62 Å². The van der Waals surface area contributed by atoms with Gasteiger partial charge in [0.2, 0.25) is 10.0 Å². The summed E-state index contributed by atoms with van der Waals surface area (Å²) in [5.74, 6) is 0.281. The molecular weight excluding hydrogens is 386 g/mol. The Morgan fingerprint density at radius 2 is 1.89 bits per heavy atom. The number of hydrogen-bond donors (Lipinski definition) is 2. The van der Waals surface area contributed by atoms with Crippen LogP contribution in [0.1, 0.15) is 54.6 Å². The monoisotopic (exact) mass is 417 g/mol. The van der Waals surface area contributed by atoms with E-state index in [9.17, 15) is 13.2 Å². The van der Waals surface area contributed by atoms with E-state index in [1.54, 1.807) is 17.3 Å². The molecule has 0 saturated carbocycles. The number of carbonyl (C=O) groups is 1. The highest BCUT2D eigenvalue weighted by atomic mass is 35.5. The Morgan fingerprint density at radius 3 is 2.44 bits per heavy atom. The van der Waals surface area contributed by atoms with Crippen LogP contribution in [-0.4, -0.2) is 44.3 Å². The SMILES string of the molecule is Cc1cc(C(=O)NCCC(C)N)cc(S(=O)(=O)N2CCC(C)CC2)c1C.Cl. The van der Waals surface area contributed by atoms with E-state index in [0.717, 1.165) is 18.4 Å². The lowest BCUT2D eigenvalue weighted by Crippen LogP contribution is -2.38. The molecule has 1 aliphatic rings. The number of nitrogens with zero attached hydrogens (tertiary/aromatic N) is 1. The number of halogens is 1. The quantitative estimate of drug-likeness (QED) is 0.744. The van der Waals surface area contributed by atoms with E-state index in [2.05, 4.69) is 12.2 Å². The van der Waals surface area contributed by atoms with E-state index >= 15 is 0 Å². The number of aryl methyl sites for hydroxylation is 1. The van der Waals surface area contributed by atoms with E-state index in [4.69, 9.17) is 5.73 Å². The summed E-state index contributed by atoms with van der Waals surface area (Å²) in [6, 6.07) is 3.26. The lowest BCUT2D eigenvalue weighted by molar-refractivity contribution is 0.0952. The molecule has 1 saturated heterocycles. The van der Waals surface area contributed by atoms with Gasteiger partial charge in [0.1, 0.15) is 0 Å². The summed E-state index contributed by atoms with van der Waals surface area (Å²) in [5, 5.41) is 2.81. The summed E-state index contributed by atoms with van der Waals surface area (Å²) in [5.41, 5.74) is 7.58. The van der Waals surface area contributed by atoms with Gasteiger partial charge in [-0.3, -0.25) is 4.79 Å². The van der Waals surface area contributed by atoms with Crippen molar-refractivity contribution in [2.24, 2.45) is 11.7 Å². The summed E-state index contributed by atoms with van der Waals surface area (Å²) in [6.45, 7) is 9.20. The van der Waals surface area contributed by atoms with Gasteiger partial charge in [-0.05, 0) is 69.2 Å². The van der Waals surface area contributed by atoms with Gasteiger partial charge in [0.15, 0.2) is 0 Å². The molecule has 3 N–H and O–H groups in total. The van der Waals surface area contributed by atoms with Crippen LogP contribution in [0.4, 0.5) is 0 Å². The second-order valence-electron chi connectivity index (χ2n) is 7.52. The fourth-order valence-electron chi connectivity index (χ4n) is 3.11. The number of sulfonamides is 1. The molecule has 0 bridgehead atoms. The summed E-state index contributed by atoms with van der Waals surface area (Å²) >= 11 is 0. The molecule has 154 valence electrons. The van der Waals surface area contributed by atoms with E-state index in [-0.39, 0.29) is 29.3 Å². The molecule has 1 amide bonds. The molecule has 0 spiro atoms. The third kappa shape index (κ3) is 5.91. The number of piperidine rings is 1. The van der Waals surface area contributed by atoms with Crippen LogP contribution in [0.2, 0.25) is 0 Å². The van der Waals surface area contributed by atoms with Crippen LogP contribution in [0.3, 0.4) is 0 Å². The maximum absolute atomic E-state index is 13.1. The van der Waals surface area contributed by atoms with Gasteiger partial charge >= 0.3 is 0 Å². The van der Waals surface area contributed by atoms with Crippen molar-refractivity contribution in [3.05, 3.63) is 28.8 Å². The molecule has 0 radical (unpaired) electrons. The molecule has 1 atom stereocenters. The normalized spacial score (nSPS) is 17.2. The van der Waals surface area contributed by atoms with E-state index in [0.29, 0.717) is 43.1 Å². The van der Waals surface area contributed by atoms with Gasteiger partial charge in [-0.15, -0.1) is 12.4 Å². The highest BCUT2D eigenvalue weighted by Crippen LogP contribution is 2.28. The van der Waals surface area contributed by atoms with Crippen molar-refractivity contribution >= 4 is 28.3 Å². The number of carbonyl (C=O) groups excluding carboxylic acids is 1. The number of benzene rings is 1. The molecule has 8 heteroatoms. The van der Waals surface area contributed by atoms with Crippen molar-refractivity contribution in [1.29, 1.82) is 0 Å². The summed E-state index contributed by atoms with van der Waals surface area (Å²) in [7, 11) is -3.60. The van der Waals surface area contributed by atoms with Crippen LogP contribution in [0, 0.1) is 19.8 Å². The van der Waals surface area contributed by atoms with Crippen LogP contribution < -0.4 is 11.1 Å². The van der Waals surface area contributed by atoms with E-state index in [1.165, 1.54) is 6.07 Å². The summed E-state index contributed by atoms with van der Waals surface area (Å²) < 4.78 is 27.8. The first-order valence-corrected chi connectivity index (χ1v) is 10.7. The third-order valence-electron chi connectivity index (χ3n) is 5.13. The average Bonchev–Trinajstić information content (AvgIpc) is 2.56. The molecule has 1 heterocycles. The largest absolute Gasteiger partial charge is 0.352 e. The molecule has 0 aliphatic carbocycles. The Morgan fingerprint density at radius 1 is 1.30 bits per heavy atom. The molecule has 27 heavy (non-hydrogen) atoms. The van der Waals surface area contributed by atoms with Gasteiger partial charge in [0, 0.05) is 31.2 Å². The molecule has 0 aromatic heterocycles. The third-order valence-corrected chi connectivity index (χ3v) is 7.15. The second kappa shape index (κ2) is 9.87. The van der Waals surface area contributed by atoms with E-state index < -0.39 is 10.0 Å². The fourth-order valence-corrected chi connectivity index (χ4v) is 4.90. The molecule has 1 aromatic rings. The maximum Gasteiger partial charge on any atom is 0.251 e. The molecule has 2 rings (SSSR count). The zero-order valence-electron chi connectivity index (χ0n) is 16.6. The van der Waals surface area contributed by atoms with Crippen LogP contribution in [0.25, 0.3) is 0 Å². The van der Waals surface area contributed by atoms with Gasteiger partial charge in [0.25, 0.3) is 5.91 Å². The minimum Gasteiger partial charge on any atom is -0.352 e. The zero-order valence-corrected chi connectivity index (χ0v) is 18.3. The van der Waals surface area contributed by atoms with Crippen molar-refractivity contribution < 1.29 is 13.2 Å². The summed E-state index contributed by atoms with van der Waals surface area (Å²) in [6.07, 6.45) is 2.41. The van der Waals surface area contributed by atoms with Gasteiger partial charge < -0.3 is 11.1 Å². The van der Waals surface area contributed by atoms with Crippen LogP contribution >= 0.6 is 12.4 Å². The van der Waals surface area contributed by atoms with Gasteiger partial charge in [-0.1, -0.05) is 6.92 Å². The predicted octanol–water partition coefficient (Wildman–Crippen LogP) is 2.61. The lowest BCUT2D eigenvalue weighted by atomic mass is 10.0. The number of amides is 1. The van der Waals surface area contributed by atoms with Crippen molar-refractivity contribution in [2.75, 3.05) is 19.6 Å². The van der Waals surface area contributed by atoms with Crippen LogP contribution in [-0.2, 0) is 10.0 Å². The van der Waals surface area contributed by atoms with Gasteiger partial charge in [-0.25, -0.2) is 8.42 Å². The number of rotatable bonds is 6. The number of nitrogens with one attached hydrogen (secondary N) is 1. The fraction of sp³-hybridized carbons (Fsp3) is 0.632.